The third-order valence-electron chi connectivity index (χ3n) is 4.55. The summed E-state index contributed by atoms with van der Waals surface area (Å²) in [7, 11) is 0. The molecule has 1 fully saturated rings. The number of nitrogens with zero attached hydrogens (tertiary/aromatic N) is 2. The van der Waals surface area contributed by atoms with Crippen molar-refractivity contribution in [2.75, 3.05) is 6.54 Å². The number of hydrogen-bond acceptors (Lipinski definition) is 4. The van der Waals surface area contributed by atoms with Crippen molar-refractivity contribution in [1.82, 2.24) is 15.2 Å². The summed E-state index contributed by atoms with van der Waals surface area (Å²) in [6, 6.07) is 8.04. The highest BCUT2D eigenvalue weighted by Gasteiger charge is 2.44. The van der Waals surface area contributed by atoms with Gasteiger partial charge in [-0.3, -0.25) is 14.6 Å². The van der Waals surface area contributed by atoms with Gasteiger partial charge in [0.1, 0.15) is 5.75 Å². The Bertz CT molecular complexity index is 896. The van der Waals surface area contributed by atoms with Crippen LogP contribution in [0.4, 0.5) is 17.6 Å². The zero-order valence-electron chi connectivity index (χ0n) is 15.7. The molecule has 1 aliphatic heterocycles. The normalized spacial score (nSPS) is 16.4. The highest BCUT2D eigenvalue weighted by molar-refractivity contribution is 5.97. The summed E-state index contributed by atoms with van der Waals surface area (Å²) in [5, 5.41) is 2.75. The Morgan fingerprint density at radius 2 is 1.93 bits per heavy atom. The summed E-state index contributed by atoms with van der Waals surface area (Å²) in [5.41, 5.74) is 0.440. The fraction of sp³-hybridized carbons (Fsp3) is 0.350. The molecule has 30 heavy (non-hydrogen) atoms. The van der Waals surface area contributed by atoms with Crippen molar-refractivity contribution in [2.24, 2.45) is 0 Å². The molecule has 0 radical (unpaired) electrons. The lowest BCUT2D eigenvalue weighted by atomic mass is 10.1. The molecule has 1 atom stereocenters. The molecule has 0 aliphatic carbocycles. The van der Waals surface area contributed by atoms with E-state index in [0.717, 1.165) is 11.6 Å². The molecular weight excluding hydrogens is 406 g/mol. The molecule has 0 spiro atoms. The molecule has 0 saturated carbocycles. The smallest absolute Gasteiger partial charge is 0.427 e. The lowest BCUT2D eigenvalue weighted by Gasteiger charge is -2.27. The molecule has 0 unspecified atom stereocenters. The number of rotatable bonds is 8. The molecule has 2 aromatic rings. The molecule has 10 heteroatoms. The molecule has 6 nitrogen and oxygen atoms in total. The molecule has 2 amide bonds. The van der Waals surface area contributed by atoms with Crippen LogP contribution >= 0.6 is 0 Å². The van der Waals surface area contributed by atoms with E-state index in [0.29, 0.717) is 12.8 Å². The zero-order valence-corrected chi connectivity index (χ0v) is 15.7. The van der Waals surface area contributed by atoms with Crippen LogP contribution in [0.1, 0.15) is 28.8 Å². The summed E-state index contributed by atoms with van der Waals surface area (Å²) in [5.74, 6) is -1.48. The van der Waals surface area contributed by atoms with Crippen molar-refractivity contribution in [2.45, 2.75) is 38.0 Å². The van der Waals surface area contributed by atoms with E-state index < -0.39 is 24.2 Å². The Kier molecular flexibility index (Phi) is 6.53. The van der Waals surface area contributed by atoms with Gasteiger partial charge >= 0.3 is 12.5 Å². The molecule has 1 aromatic carbocycles. The number of ether oxygens (including phenoxy) is 1. The fourth-order valence-electron chi connectivity index (χ4n) is 3.10. The van der Waals surface area contributed by atoms with Crippen molar-refractivity contribution in [3.05, 3.63) is 59.9 Å². The summed E-state index contributed by atoms with van der Waals surface area (Å²) >= 11 is 0. The highest BCUT2D eigenvalue weighted by Crippen LogP contribution is 2.30. The molecule has 0 bridgehead atoms. The van der Waals surface area contributed by atoms with Crippen molar-refractivity contribution in [3.63, 3.8) is 0 Å². The van der Waals surface area contributed by atoms with Gasteiger partial charge < -0.3 is 15.0 Å². The second-order valence-electron chi connectivity index (χ2n) is 6.80. The van der Waals surface area contributed by atoms with Crippen LogP contribution in [-0.4, -0.2) is 46.8 Å². The SMILES string of the molecule is O=C1CC[C@@H](CN(Cc2ccncc2)C(=O)c2ccccc2OC(F)(F)C(F)F)N1. The van der Waals surface area contributed by atoms with Crippen molar-refractivity contribution >= 4 is 11.8 Å². The van der Waals surface area contributed by atoms with Crippen LogP contribution in [-0.2, 0) is 11.3 Å². The number of nitrogens with one attached hydrogen (secondary N) is 1. The number of hydrogen-bond donors (Lipinski definition) is 1. The summed E-state index contributed by atoms with van der Waals surface area (Å²) in [6.07, 6.45) is -4.89. The van der Waals surface area contributed by atoms with Crippen LogP contribution in [0.3, 0.4) is 0 Å². The molecule has 160 valence electrons. The van der Waals surface area contributed by atoms with E-state index in [4.69, 9.17) is 0 Å². The maximum absolute atomic E-state index is 13.4. The van der Waals surface area contributed by atoms with Crippen LogP contribution in [0.15, 0.2) is 48.8 Å². The van der Waals surface area contributed by atoms with Crippen molar-refractivity contribution < 1.29 is 31.9 Å². The summed E-state index contributed by atoms with van der Waals surface area (Å²) in [4.78, 5) is 30.0. The molecule has 1 N–H and O–H groups in total. The minimum Gasteiger partial charge on any atom is -0.427 e. The maximum Gasteiger partial charge on any atom is 0.461 e. The summed E-state index contributed by atoms with van der Waals surface area (Å²) < 4.78 is 56.2. The van der Waals surface area contributed by atoms with Gasteiger partial charge in [0.15, 0.2) is 0 Å². The molecule has 1 saturated heterocycles. The predicted molar refractivity (Wildman–Crippen MR) is 98.2 cm³/mol. The van der Waals surface area contributed by atoms with Crippen molar-refractivity contribution in [3.8, 4) is 5.75 Å². The van der Waals surface area contributed by atoms with Crippen LogP contribution in [0, 0.1) is 0 Å². The Morgan fingerprint density at radius 1 is 1.23 bits per heavy atom. The lowest BCUT2D eigenvalue weighted by Crippen LogP contribution is -2.42. The number of para-hydroxylation sites is 1. The first kappa shape index (κ1) is 21.5. The first-order valence-corrected chi connectivity index (χ1v) is 9.18. The average Bonchev–Trinajstić information content (AvgIpc) is 3.12. The van der Waals surface area contributed by atoms with Crippen LogP contribution < -0.4 is 10.1 Å². The largest absolute Gasteiger partial charge is 0.461 e. The number of benzene rings is 1. The minimum absolute atomic E-state index is 0.104. The monoisotopic (exact) mass is 425 g/mol. The standard InChI is InChI=1S/C20H19F4N3O3/c21-19(22)20(23,24)30-16-4-2-1-3-15(16)18(29)27(11-13-7-9-25-10-8-13)12-14-5-6-17(28)26-14/h1-4,7-10,14,19H,5-6,11-12H2,(H,26,28)/t14-/m0/s1. The summed E-state index contributed by atoms with van der Waals surface area (Å²) in [6.45, 7) is 0.222. The van der Waals surface area contributed by atoms with E-state index in [1.54, 1.807) is 12.1 Å². The second kappa shape index (κ2) is 9.10. The van der Waals surface area contributed by atoms with E-state index in [2.05, 4.69) is 15.0 Å². The van der Waals surface area contributed by atoms with E-state index >= 15 is 0 Å². The van der Waals surface area contributed by atoms with E-state index in [-0.39, 0.29) is 30.6 Å². The van der Waals surface area contributed by atoms with Gasteiger partial charge in [-0.15, -0.1) is 0 Å². The average molecular weight is 425 g/mol. The number of halogens is 4. The number of aromatic nitrogens is 1. The second-order valence-corrected chi connectivity index (χ2v) is 6.80. The molecule has 1 aromatic heterocycles. The molecule has 3 rings (SSSR count). The van der Waals surface area contributed by atoms with Gasteiger partial charge in [-0.05, 0) is 36.2 Å². The van der Waals surface area contributed by atoms with Crippen molar-refractivity contribution in [1.29, 1.82) is 0 Å². The number of carbonyl (C=O) groups excluding carboxylic acids is 2. The number of alkyl halides is 4. The molecule has 1 aliphatic rings. The Hall–Kier alpha value is -3.17. The van der Waals surface area contributed by atoms with Crippen LogP contribution in [0.25, 0.3) is 0 Å². The first-order valence-electron chi connectivity index (χ1n) is 9.18. The quantitative estimate of drug-likeness (QED) is 0.660. The van der Waals surface area contributed by atoms with Gasteiger partial charge in [0, 0.05) is 37.9 Å². The lowest BCUT2D eigenvalue weighted by molar-refractivity contribution is -0.253. The zero-order chi connectivity index (χ0) is 21.7. The number of carbonyl (C=O) groups is 2. The van der Waals surface area contributed by atoms with Gasteiger partial charge in [-0.25, -0.2) is 0 Å². The third-order valence-corrected chi connectivity index (χ3v) is 4.55. The first-order chi connectivity index (χ1) is 14.3. The third kappa shape index (κ3) is 5.25. The molecule has 2 heterocycles. The van der Waals surface area contributed by atoms with Gasteiger partial charge in [0.2, 0.25) is 5.91 Å². The Balaban J connectivity index is 1.87. The van der Waals surface area contributed by atoms with Gasteiger partial charge in [0.05, 0.1) is 5.56 Å². The maximum atomic E-state index is 13.4. The number of pyridine rings is 1. The number of amides is 2. The minimum atomic E-state index is -4.74. The Morgan fingerprint density at radius 3 is 2.57 bits per heavy atom. The fourth-order valence-corrected chi connectivity index (χ4v) is 3.10. The van der Waals surface area contributed by atoms with E-state index in [1.165, 1.54) is 35.5 Å². The molecular formula is C20H19F4N3O3. The van der Waals surface area contributed by atoms with Gasteiger partial charge in [-0.2, -0.15) is 17.6 Å². The van der Waals surface area contributed by atoms with Gasteiger partial charge in [-0.1, -0.05) is 12.1 Å². The van der Waals surface area contributed by atoms with Crippen LogP contribution in [0.5, 0.6) is 5.75 Å². The topological polar surface area (TPSA) is 71.5 Å². The van der Waals surface area contributed by atoms with Crippen LogP contribution in [0.2, 0.25) is 0 Å². The predicted octanol–water partition coefficient (Wildman–Crippen LogP) is 3.24. The van der Waals surface area contributed by atoms with E-state index in [1.807, 2.05) is 0 Å². The highest BCUT2D eigenvalue weighted by atomic mass is 19.3. The Labute approximate surface area is 169 Å². The van der Waals surface area contributed by atoms with Gasteiger partial charge in [0.25, 0.3) is 5.91 Å². The van der Waals surface area contributed by atoms with E-state index in [9.17, 15) is 27.2 Å².